The summed E-state index contributed by atoms with van der Waals surface area (Å²) in [6, 6.07) is 12.9. The van der Waals surface area contributed by atoms with E-state index >= 15 is 4.39 Å². The number of nitrogens with one attached hydrogen (secondary N) is 1. The van der Waals surface area contributed by atoms with Gasteiger partial charge < -0.3 is 25.2 Å². The second-order valence-corrected chi connectivity index (χ2v) is 15.5. The first kappa shape index (κ1) is 36.9. The zero-order valence-corrected chi connectivity index (χ0v) is 31.2. The summed E-state index contributed by atoms with van der Waals surface area (Å²) in [5, 5.41) is 17.2. The van der Waals surface area contributed by atoms with Crippen LogP contribution in [0.5, 0.6) is 11.5 Å². The monoisotopic (exact) mass is 764 g/mol. The van der Waals surface area contributed by atoms with Gasteiger partial charge in [0.15, 0.2) is 17.4 Å². The van der Waals surface area contributed by atoms with Crippen LogP contribution in [0.25, 0.3) is 21.8 Å². The van der Waals surface area contributed by atoms with Gasteiger partial charge in [-0.1, -0.05) is 0 Å². The minimum Gasteiger partial charge on any atom is -0.453 e. The number of nitrogen functional groups attached to an aromatic ring is 1. The molecule has 3 aromatic carbocycles. The molecule has 290 valence electrons. The summed E-state index contributed by atoms with van der Waals surface area (Å²) >= 11 is 0. The molecule has 56 heavy (non-hydrogen) atoms. The standard InChI is InChI=1S/C40H42F2N10O4/c1-48(10-9-36(54)46-23-53)38-28-14-31(42)35(15-34(28)49(2)47-38)52-20-40(21-52)16-25(17-40)50-11-7-24(8-12-50)19-51-22-45-33-6-3-26(13-27(33)39(51)55)56-37-29(18-43)32(44)5-4-30(37)41/h3-6,13-15,22-25H,7-12,16-17,19-21,44H2,1-2H3,(H,46,53,54). The van der Waals surface area contributed by atoms with E-state index in [2.05, 4.69) is 25.2 Å². The molecule has 4 heterocycles. The maximum Gasteiger partial charge on any atom is 0.261 e. The van der Waals surface area contributed by atoms with Crippen molar-refractivity contribution in [3.8, 4) is 17.6 Å². The van der Waals surface area contributed by atoms with Gasteiger partial charge >= 0.3 is 0 Å². The second kappa shape index (κ2) is 14.5. The normalized spacial score (nSPS) is 17.1. The Hall–Kier alpha value is -6.08. The van der Waals surface area contributed by atoms with Crippen molar-refractivity contribution >= 4 is 51.3 Å². The number of likely N-dealkylation sites (tertiary alicyclic amines) is 1. The minimum atomic E-state index is -0.730. The van der Waals surface area contributed by atoms with Crippen molar-refractivity contribution in [1.29, 1.82) is 5.26 Å². The van der Waals surface area contributed by atoms with Crippen LogP contribution in [0.1, 0.15) is 37.7 Å². The van der Waals surface area contributed by atoms with E-state index in [0.29, 0.717) is 59.3 Å². The van der Waals surface area contributed by atoms with E-state index in [9.17, 15) is 24.0 Å². The first-order valence-corrected chi connectivity index (χ1v) is 18.7. The van der Waals surface area contributed by atoms with Gasteiger partial charge in [0.1, 0.15) is 23.2 Å². The number of carbonyl (C=O) groups is 2. The molecule has 2 aliphatic heterocycles. The minimum absolute atomic E-state index is 0.0960. The maximum atomic E-state index is 15.6. The molecule has 2 aromatic heterocycles. The van der Waals surface area contributed by atoms with Gasteiger partial charge in [-0.05, 0) is 87.2 Å². The maximum absolute atomic E-state index is 15.6. The van der Waals surface area contributed by atoms with Gasteiger partial charge in [-0.15, -0.1) is 0 Å². The number of anilines is 3. The zero-order valence-electron chi connectivity index (χ0n) is 31.2. The second-order valence-electron chi connectivity index (χ2n) is 15.5. The lowest BCUT2D eigenvalue weighted by Crippen LogP contribution is -2.67. The molecule has 3 fully saturated rings. The summed E-state index contributed by atoms with van der Waals surface area (Å²) in [4.78, 5) is 46.8. The van der Waals surface area contributed by atoms with Gasteiger partial charge in [0, 0.05) is 63.5 Å². The summed E-state index contributed by atoms with van der Waals surface area (Å²) in [7, 11) is 3.61. The number of piperidine rings is 1. The van der Waals surface area contributed by atoms with E-state index in [0.717, 1.165) is 63.4 Å². The largest absolute Gasteiger partial charge is 0.453 e. The molecule has 1 spiro atoms. The molecule has 0 unspecified atom stereocenters. The summed E-state index contributed by atoms with van der Waals surface area (Å²) in [6.45, 7) is 4.36. The lowest BCUT2D eigenvalue weighted by molar-refractivity contribution is -0.125. The fourth-order valence-electron chi connectivity index (χ4n) is 8.69. The van der Waals surface area contributed by atoms with Crippen molar-refractivity contribution in [3.63, 3.8) is 0 Å². The van der Waals surface area contributed by atoms with E-state index in [-0.39, 0.29) is 51.9 Å². The Morgan fingerprint density at radius 2 is 1.89 bits per heavy atom. The lowest BCUT2D eigenvalue weighted by Gasteiger charge is -2.62. The molecule has 5 aromatic rings. The molecule has 16 heteroatoms. The van der Waals surface area contributed by atoms with Gasteiger partial charge in [-0.25, -0.2) is 13.8 Å². The number of nitrogens with zero attached hydrogens (tertiary/aromatic N) is 8. The summed E-state index contributed by atoms with van der Waals surface area (Å²) in [5.74, 6) is -0.626. The summed E-state index contributed by atoms with van der Waals surface area (Å²) in [5.41, 5.74) is 7.66. The fraction of sp³-hybridized carbons (Fsp3) is 0.400. The van der Waals surface area contributed by atoms with Crippen LogP contribution < -0.4 is 31.1 Å². The number of ether oxygens (including phenoxy) is 1. The number of nitrogens with two attached hydrogens (primary N) is 1. The highest BCUT2D eigenvalue weighted by molar-refractivity contribution is 5.93. The Morgan fingerprint density at radius 3 is 2.62 bits per heavy atom. The number of halogens is 2. The van der Waals surface area contributed by atoms with Crippen molar-refractivity contribution in [2.75, 3.05) is 55.3 Å². The van der Waals surface area contributed by atoms with Crippen molar-refractivity contribution in [2.24, 2.45) is 18.4 Å². The van der Waals surface area contributed by atoms with Crippen molar-refractivity contribution in [2.45, 2.75) is 44.7 Å². The molecule has 2 saturated heterocycles. The third-order valence-electron chi connectivity index (χ3n) is 11.8. The highest BCUT2D eigenvalue weighted by Crippen LogP contribution is 2.52. The Balaban J connectivity index is 0.846. The number of nitriles is 1. The van der Waals surface area contributed by atoms with Crippen LogP contribution in [0.2, 0.25) is 0 Å². The van der Waals surface area contributed by atoms with Gasteiger partial charge in [0.2, 0.25) is 12.3 Å². The van der Waals surface area contributed by atoms with Gasteiger partial charge in [0.25, 0.3) is 5.56 Å². The molecule has 3 N–H and O–H groups in total. The number of rotatable bonds is 11. The molecule has 3 aliphatic rings. The molecule has 14 nitrogen and oxygen atoms in total. The Kier molecular flexibility index (Phi) is 9.57. The van der Waals surface area contributed by atoms with Crippen LogP contribution in [-0.4, -0.2) is 82.4 Å². The van der Waals surface area contributed by atoms with Crippen LogP contribution in [0.3, 0.4) is 0 Å². The first-order valence-electron chi connectivity index (χ1n) is 18.7. The summed E-state index contributed by atoms with van der Waals surface area (Å²) < 4.78 is 39.2. The van der Waals surface area contributed by atoms with Crippen LogP contribution in [-0.2, 0) is 23.2 Å². The van der Waals surface area contributed by atoms with E-state index in [4.69, 9.17) is 10.5 Å². The van der Waals surface area contributed by atoms with E-state index in [1.165, 1.54) is 18.2 Å². The number of hydrogen-bond acceptors (Lipinski definition) is 11. The molecule has 0 atom stereocenters. The number of aryl methyl sites for hydroxylation is 1. The lowest BCUT2D eigenvalue weighted by atomic mass is 9.60. The Bertz CT molecular complexity index is 2460. The quantitative estimate of drug-likeness (QED) is 0.146. The van der Waals surface area contributed by atoms with Gasteiger partial charge in [-0.2, -0.15) is 10.4 Å². The number of imide groups is 1. The molecular formula is C40H42F2N10O4. The Morgan fingerprint density at radius 1 is 1.12 bits per heavy atom. The summed E-state index contributed by atoms with van der Waals surface area (Å²) in [6.07, 6.45) is 6.10. The molecule has 1 aliphatic carbocycles. The van der Waals surface area contributed by atoms with Crippen molar-refractivity contribution in [3.05, 3.63) is 76.3 Å². The third kappa shape index (κ3) is 6.76. The number of aromatic nitrogens is 4. The molecule has 0 bridgehead atoms. The highest BCUT2D eigenvalue weighted by atomic mass is 19.1. The van der Waals surface area contributed by atoms with Crippen molar-refractivity contribution in [1.82, 2.24) is 29.5 Å². The van der Waals surface area contributed by atoms with E-state index < -0.39 is 5.82 Å². The molecule has 2 amide bonds. The van der Waals surface area contributed by atoms with Gasteiger partial charge in [-0.3, -0.25) is 28.9 Å². The molecule has 0 radical (unpaired) electrons. The smallest absolute Gasteiger partial charge is 0.261 e. The first-order chi connectivity index (χ1) is 27.0. The van der Waals surface area contributed by atoms with Crippen LogP contribution in [0, 0.1) is 34.3 Å². The average Bonchev–Trinajstić information content (AvgIpc) is 3.47. The van der Waals surface area contributed by atoms with Crippen molar-refractivity contribution < 1.29 is 23.1 Å². The number of hydrogen-bond donors (Lipinski definition) is 2. The number of benzene rings is 3. The Labute approximate surface area is 321 Å². The topological polar surface area (TPSA) is 168 Å². The number of fused-ring (bicyclic) bond motifs is 2. The SMILES string of the molecule is CN(CCC(=O)NC=O)c1nn(C)c2cc(N3CC4(CC(N5CCC(Cn6cnc7ccc(Oc8c(F)ccc(N)c8C#N)cc7c6=O)CC5)C4)C3)c(F)cc12. The molecular weight excluding hydrogens is 723 g/mol. The van der Waals surface area contributed by atoms with Crippen LogP contribution >= 0.6 is 0 Å². The average molecular weight is 765 g/mol. The number of amides is 2. The third-order valence-corrected chi connectivity index (χ3v) is 11.8. The predicted molar refractivity (Wildman–Crippen MR) is 206 cm³/mol. The zero-order chi connectivity index (χ0) is 39.3. The predicted octanol–water partition coefficient (Wildman–Crippen LogP) is 4.29. The highest BCUT2D eigenvalue weighted by Gasteiger charge is 2.54. The number of carbonyl (C=O) groups excluding carboxylic acids is 2. The molecule has 1 saturated carbocycles. The van der Waals surface area contributed by atoms with Gasteiger partial charge in [0.05, 0.1) is 34.1 Å². The van der Waals surface area contributed by atoms with Crippen LogP contribution in [0.15, 0.2) is 53.6 Å². The molecule has 8 rings (SSSR count). The van der Waals surface area contributed by atoms with E-state index in [1.807, 2.05) is 19.2 Å². The fourth-order valence-corrected chi connectivity index (χ4v) is 8.69. The van der Waals surface area contributed by atoms with Crippen LogP contribution in [0.4, 0.5) is 26.0 Å². The van der Waals surface area contributed by atoms with E-state index in [1.54, 1.807) is 39.7 Å².